The highest BCUT2D eigenvalue weighted by atomic mass is 16.6. The van der Waals surface area contributed by atoms with Crippen molar-refractivity contribution < 1.29 is 38.1 Å². The molecule has 120 valence electrons. The number of hydrogen-bond donors (Lipinski definition) is 1. The van der Waals surface area contributed by atoms with Gasteiger partial charge < -0.3 is 24.3 Å². The van der Waals surface area contributed by atoms with Crippen LogP contribution in [0.4, 0.5) is 4.79 Å². The maximum Gasteiger partial charge on any atom is 0.407 e. The lowest BCUT2D eigenvalue weighted by Crippen LogP contribution is -2.22. The number of rotatable bonds is 6. The molecule has 0 saturated carbocycles. The molecule has 0 aromatic heterocycles. The van der Waals surface area contributed by atoms with E-state index < -0.39 is 30.2 Å². The Morgan fingerprint density at radius 2 is 1.73 bits per heavy atom. The highest BCUT2D eigenvalue weighted by molar-refractivity contribution is 5.91. The highest BCUT2D eigenvalue weighted by Crippen LogP contribution is 2.13. The van der Waals surface area contributed by atoms with Crippen LogP contribution >= 0.6 is 0 Å². The summed E-state index contributed by atoms with van der Waals surface area (Å²) in [5, 5.41) is 2.41. The Kier molecular flexibility index (Phi) is 5.34. The summed E-state index contributed by atoms with van der Waals surface area (Å²) in [4.78, 5) is 44.3. The summed E-state index contributed by atoms with van der Waals surface area (Å²) in [6.07, 6.45) is 1.12. The van der Waals surface area contributed by atoms with Crippen LogP contribution < -0.4 is 5.32 Å². The molecule has 2 atom stereocenters. The average molecular weight is 313 g/mol. The first-order chi connectivity index (χ1) is 10.5. The number of ether oxygens (including phenoxy) is 4. The predicted molar refractivity (Wildman–Crippen MR) is 68.4 cm³/mol. The predicted octanol–water partition coefficient (Wildman–Crippen LogP) is -0.557. The SMILES string of the molecule is O=C(/C=C/C(=O)OC[C@@H]1CNC(=O)O1)OC[C@@H]1CCC(=O)O1. The molecule has 2 aliphatic heterocycles. The number of hydrogen-bond acceptors (Lipinski definition) is 8. The first-order valence-corrected chi connectivity index (χ1v) is 6.68. The van der Waals surface area contributed by atoms with Gasteiger partial charge in [-0.05, 0) is 6.42 Å². The van der Waals surface area contributed by atoms with Gasteiger partial charge in [-0.15, -0.1) is 0 Å². The summed E-state index contributed by atoms with van der Waals surface area (Å²) in [6, 6.07) is 0. The van der Waals surface area contributed by atoms with Gasteiger partial charge in [0.05, 0.1) is 6.54 Å². The smallest absolute Gasteiger partial charge is 0.407 e. The minimum absolute atomic E-state index is 0.0480. The Labute approximate surface area is 125 Å². The number of nitrogens with one attached hydrogen (secondary N) is 1. The van der Waals surface area contributed by atoms with E-state index in [1.807, 2.05) is 0 Å². The van der Waals surface area contributed by atoms with E-state index in [-0.39, 0.29) is 25.7 Å². The van der Waals surface area contributed by atoms with E-state index in [0.29, 0.717) is 12.8 Å². The van der Waals surface area contributed by atoms with Gasteiger partial charge in [-0.25, -0.2) is 14.4 Å². The van der Waals surface area contributed by atoms with Crippen molar-refractivity contribution >= 4 is 24.0 Å². The van der Waals surface area contributed by atoms with Crippen molar-refractivity contribution in [3.63, 3.8) is 0 Å². The molecule has 2 heterocycles. The minimum atomic E-state index is -0.757. The normalized spacial score (nSPS) is 23.8. The van der Waals surface area contributed by atoms with Crippen molar-refractivity contribution in [3.05, 3.63) is 12.2 Å². The Hall–Kier alpha value is -2.58. The van der Waals surface area contributed by atoms with Crippen molar-refractivity contribution in [2.24, 2.45) is 0 Å². The molecule has 0 aromatic carbocycles. The molecule has 0 aromatic rings. The van der Waals surface area contributed by atoms with Crippen molar-refractivity contribution in [2.45, 2.75) is 25.0 Å². The summed E-state index contributed by atoms with van der Waals surface area (Å²) < 4.78 is 19.2. The second-order valence-electron chi connectivity index (χ2n) is 4.65. The molecule has 0 unspecified atom stereocenters. The van der Waals surface area contributed by atoms with Crippen LogP contribution in [0, 0.1) is 0 Å². The van der Waals surface area contributed by atoms with Gasteiger partial charge in [-0.2, -0.15) is 0 Å². The molecule has 0 spiro atoms. The molecule has 9 nitrogen and oxygen atoms in total. The third-order valence-electron chi connectivity index (χ3n) is 2.89. The molecule has 2 fully saturated rings. The molecule has 1 N–H and O–H groups in total. The molecular formula is C13H15NO8. The monoisotopic (exact) mass is 313 g/mol. The molecule has 9 heteroatoms. The topological polar surface area (TPSA) is 117 Å². The van der Waals surface area contributed by atoms with Crippen molar-refractivity contribution in [3.8, 4) is 0 Å². The summed E-state index contributed by atoms with van der Waals surface area (Å²) in [5.74, 6) is -1.82. The molecule has 1 amide bonds. The zero-order chi connectivity index (χ0) is 15.9. The minimum Gasteiger partial charge on any atom is -0.459 e. The summed E-state index contributed by atoms with van der Waals surface area (Å²) >= 11 is 0. The second-order valence-corrected chi connectivity index (χ2v) is 4.65. The van der Waals surface area contributed by atoms with Crippen molar-refractivity contribution in [1.29, 1.82) is 0 Å². The first kappa shape index (κ1) is 15.8. The fourth-order valence-corrected chi connectivity index (χ4v) is 1.81. The van der Waals surface area contributed by atoms with Crippen molar-refractivity contribution in [1.82, 2.24) is 5.32 Å². The quantitative estimate of drug-likeness (QED) is 0.394. The molecule has 2 saturated heterocycles. The van der Waals surface area contributed by atoms with Crippen molar-refractivity contribution in [2.75, 3.05) is 19.8 Å². The first-order valence-electron chi connectivity index (χ1n) is 6.68. The van der Waals surface area contributed by atoms with Crippen LogP contribution in [0.2, 0.25) is 0 Å². The lowest BCUT2D eigenvalue weighted by molar-refractivity contribution is -0.149. The van der Waals surface area contributed by atoms with Crippen LogP contribution in [-0.2, 0) is 33.3 Å². The number of alkyl carbamates (subject to hydrolysis) is 1. The van der Waals surface area contributed by atoms with Gasteiger partial charge in [0.2, 0.25) is 0 Å². The van der Waals surface area contributed by atoms with Gasteiger partial charge in [0, 0.05) is 18.6 Å². The highest BCUT2D eigenvalue weighted by Gasteiger charge is 2.24. The molecule has 0 aliphatic carbocycles. The molecule has 22 heavy (non-hydrogen) atoms. The Morgan fingerprint density at radius 1 is 1.09 bits per heavy atom. The number of amides is 1. The Bertz CT molecular complexity index is 456. The summed E-state index contributed by atoms with van der Waals surface area (Å²) in [7, 11) is 0. The van der Waals surface area contributed by atoms with Crippen LogP contribution in [0.3, 0.4) is 0 Å². The van der Waals surface area contributed by atoms with Gasteiger partial charge in [-0.3, -0.25) is 4.79 Å². The molecule has 0 bridgehead atoms. The van der Waals surface area contributed by atoms with Crippen LogP contribution in [-0.4, -0.2) is 56.0 Å². The fraction of sp³-hybridized carbons (Fsp3) is 0.538. The zero-order valence-corrected chi connectivity index (χ0v) is 11.6. The maximum absolute atomic E-state index is 11.4. The molecule has 0 radical (unpaired) electrons. The number of esters is 3. The number of carbonyl (C=O) groups excluding carboxylic acids is 4. The molecular weight excluding hydrogens is 298 g/mol. The van der Waals surface area contributed by atoms with Gasteiger partial charge in [0.25, 0.3) is 0 Å². The van der Waals surface area contributed by atoms with Crippen LogP contribution in [0.25, 0.3) is 0 Å². The van der Waals surface area contributed by atoms with Crippen LogP contribution in [0.15, 0.2) is 12.2 Å². The largest absolute Gasteiger partial charge is 0.459 e. The van der Waals surface area contributed by atoms with E-state index >= 15 is 0 Å². The Morgan fingerprint density at radius 3 is 2.23 bits per heavy atom. The van der Waals surface area contributed by atoms with Gasteiger partial charge in [0.1, 0.15) is 19.3 Å². The van der Waals surface area contributed by atoms with E-state index in [0.717, 1.165) is 12.2 Å². The van der Waals surface area contributed by atoms with E-state index in [2.05, 4.69) is 5.32 Å². The standard InChI is InChI=1S/C13H15NO8/c15-10(19-6-8-1-2-12(17)21-8)3-4-11(16)20-7-9-5-14-13(18)22-9/h3-4,8-9H,1-2,5-7H2,(H,14,18)/b4-3+/t8-,9-/m0/s1. The lowest BCUT2D eigenvalue weighted by Gasteiger charge is -2.08. The number of cyclic esters (lactones) is 2. The Balaban J connectivity index is 1.60. The van der Waals surface area contributed by atoms with Gasteiger partial charge in [-0.1, -0.05) is 0 Å². The van der Waals surface area contributed by atoms with Crippen LogP contribution in [0.5, 0.6) is 0 Å². The lowest BCUT2D eigenvalue weighted by atomic mass is 10.2. The van der Waals surface area contributed by atoms with E-state index in [9.17, 15) is 19.2 Å². The number of carbonyl (C=O) groups is 4. The average Bonchev–Trinajstić information content (AvgIpc) is 3.09. The summed E-state index contributed by atoms with van der Waals surface area (Å²) in [6.45, 7) is 0.112. The van der Waals surface area contributed by atoms with E-state index in [4.69, 9.17) is 18.9 Å². The van der Waals surface area contributed by atoms with Gasteiger partial charge in [0.15, 0.2) is 6.10 Å². The third kappa shape index (κ3) is 5.08. The molecule has 2 aliphatic rings. The fourth-order valence-electron chi connectivity index (χ4n) is 1.81. The second kappa shape index (κ2) is 7.43. The zero-order valence-electron chi connectivity index (χ0n) is 11.6. The third-order valence-corrected chi connectivity index (χ3v) is 2.89. The molecule has 2 rings (SSSR count). The summed E-state index contributed by atoms with van der Waals surface area (Å²) in [5.41, 5.74) is 0. The van der Waals surface area contributed by atoms with Crippen LogP contribution in [0.1, 0.15) is 12.8 Å². The van der Waals surface area contributed by atoms with E-state index in [1.165, 1.54) is 0 Å². The maximum atomic E-state index is 11.4. The van der Waals surface area contributed by atoms with E-state index in [1.54, 1.807) is 0 Å². The van der Waals surface area contributed by atoms with Gasteiger partial charge >= 0.3 is 24.0 Å².